The van der Waals surface area contributed by atoms with E-state index in [0.717, 1.165) is 18.4 Å². The van der Waals surface area contributed by atoms with E-state index >= 15 is 0 Å². The molecule has 22 heavy (non-hydrogen) atoms. The van der Waals surface area contributed by atoms with E-state index in [9.17, 15) is 9.59 Å². The minimum Gasteiger partial charge on any atom is -0.445 e. The van der Waals surface area contributed by atoms with Crippen LogP contribution in [0.15, 0.2) is 30.3 Å². The molecule has 0 N–H and O–H groups in total. The lowest BCUT2D eigenvalue weighted by atomic mass is 9.75. The molecule has 1 aromatic rings. The van der Waals surface area contributed by atoms with Gasteiger partial charge < -0.3 is 4.74 Å². The van der Waals surface area contributed by atoms with Crippen LogP contribution >= 0.6 is 15.9 Å². The van der Waals surface area contributed by atoms with Crippen LogP contribution in [0.3, 0.4) is 0 Å². The minimum atomic E-state index is -0.427. The van der Waals surface area contributed by atoms with Gasteiger partial charge in [-0.1, -0.05) is 60.1 Å². The molecule has 1 amide bonds. The standard InChI is InChI=1S/C17H22BrNO3/c1-17(2)9-6-10-19(15(17)14(20)11-18)16(21)22-12-13-7-4-3-5-8-13/h3-5,7-8,15H,6,9-12H2,1-2H3. The van der Waals surface area contributed by atoms with Crippen molar-refractivity contribution in [1.82, 2.24) is 4.90 Å². The monoisotopic (exact) mass is 367 g/mol. The van der Waals surface area contributed by atoms with Crippen molar-refractivity contribution in [2.75, 3.05) is 11.9 Å². The Morgan fingerprint density at radius 3 is 2.64 bits per heavy atom. The van der Waals surface area contributed by atoms with Crippen LogP contribution in [0.25, 0.3) is 0 Å². The largest absolute Gasteiger partial charge is 0.445 e. The van der Waals surface area contributed by atoms with E-state index < -0.39 is 12.1 Å². The van der Waals surface area contributed by atoms with Gasteiger partial charge in [0.05, 0.1) is 11.4 Å². The van der Waals surface area contributed by atoms with E-state index in [-0.39, 0.29) is 23.1 Å². The van der Waals surface area contributed by atoms with Crippen LogP contribution in [0.1, 0.15) is 32.3 Å². The van der Waals surface area contributed by atoms with E-state index in [1.165, 1.54) is 0 Å². The van der Waals surface area contributed by atoms with Crippen LogP contribution in [-0.2, 0) is 16.1 Å². The molecule has 5 heteroatoms. The first kappa shape index (κ1) is 17.0. The Labute approximate surface area is 140 Å². The molecule has 0 spiro atoms. The van der Waals surface area contributed by atoms with Crippen molar-refractivity contribution in [1.29, 1.82) is 0 Å². The molecule has 1 heterocycles. The Morgan fingerprint density at radius 2 is 2.00 bits per heavy atom. The number of ether oxygens (including phenoxy) is 1. The van der Waals surface area contributed by atoms with Crippen LogP contribution in [0.4, 0.5) is 4.79 Å². The zero-order valence-corrected chi connectivity index (χ0v) is 14.6. The summed E-state index contributed by atoms with van der Waals surface area (Å²) in [4.78, 5) is 26.3. The highest BCUT2D eigenvalue weighted by Crippen LogP contribution is 2.36. The summed E-state index contributed by atoms with van der Waals surface area (Å²) in [5.41, 5.74) is 0.713. The summed E-state index contributed by atoms with van der Waals surface area (Å²) >= 11 is 3.23. The van der Waals surface area contributed by atoms with Crippen molar-refractivity contribution in [2.45, 2.75) is 39.3 Å². The predicted molar refractivity (Wildman–Crippen MR) is 88.9 cm³/mol. The van der Waals surface area contributed by atoms with Crippen molar-refractivity contribution < 1.29 is 14.3 Å². The highest BCUT2D eigenvalue weighted by atomic mass is 79.9. The van der Waals surface area contributed by atoms with Crippen LogP contribution in [0.2, 0.25) is 0 Å². The number of benzene rings is 1. The number of hydrogen-bond donors (Lipinski definition) is 0. The Hall–Kier alpha value is -1.36. The second-order valence-corrected chi connectivity index (χ2v) is 6.89. The van der Waals surface area contributed by atoms with Gasteiger partial charge in [-0.3, -0.25) is 9.69 Å². The third-order valence-electron chi connectivity index (χ3n) is 4.15. The maximum absolute atomic E-state index is 12.4. The maximum atomic E-state index is 12.4. The maximum Gasteiger partial charge on any atom is 0.410 e. The number of hydrogen-bond acceptors (Lipinski definition) is 3. The molecule has 1 aliphatic rings. The number of rotatable bonds is 4. The van der Waals surface area contributed by atoms with Crippen molar-refractivity contribution in [2.24, 2.45) is 5.41 Å². The number of carbonyl (C=O) groups excluding carboxylic acids is 2. The second kappa shape index (κ2) is 7.27. The number of nitrogens with zero attached hydrogens (tertiary/aromatic N) is 1. The van der Waals surface area contributed by atoms with Gasteiger partial charge in [-0.25, -0.2) is 4.79 Å². The summed E-state index contributed by atoms with van der Waals surface area (Å²) in [5, 5.41) is 0.254. The molecular formula is C17H22BrNO3. The van der Waals surface area contributed by atoms with Crippen LogP contribution < -0.4 is 0 Å². The highest BCUT2D eigenvalue weighted by Gasteiger charge is 2.44. The zero-order chi connectivity index (χ0) is 16.2. The molecule has 2 rings (SSSR count). The van der Waals surface area contributed by atoms with Gasteiger partial charge in [0.15, 0.2) is 5.78 Å². The molecule has 4 nitrogen and oxygen atoms in total. The van der Waals surface area contributed by atoms with Gasteiger partial charge in [-0.2, -0.15) is 0 Å². The predicted octanol–water partition coefficient (Wildman–Crippen LogP) is 3.78. The molecule has 1 fully saturated rings. The molecule has 1 atom stereocenters. The second-order valence-electron chi connectivity index (χ2n) is 6.33. The van der Waals surface area contributed by atoms with E-state index in [2.05, 4.69) is 15.9 Å². The van der Waals surface area contributed by atoms with Gasteiger partial charge in [-0.05, 0) is 23.8 Å². The molecule has 0 aliphatic carbocycles. The fourth-order valence-corrected chi connectivity index (χ4v) is 3.38. The summed E-state index contributed by atoms with van der Waals surface area (Å²) < 4.78 is 5.41. The quantitative estimate of drug-likeness (QED) is 0.760. The molecule has 1 unspecified atom stereocenters. The van der Waals surface area contributed by atoms with Crippen molar-refractivity contribution in [3.8, 4) is 0 Å². The molecular weight excluding hydrogens is 346 g/mol. The van der Waals surface area contributed by atoms with Gasteiger partial charge in [-0.15, -0.1) is 0 Å². The van der Waals surface area contributed by atoms with Crippen molar-refractivity contribution in [3.05, 3.63) is 35.9 Å². The lowest BCUT2D eigenvalue weighted by molar-refractivity contribution is -0.127. The van der Waals surface area contributed by atoms with Crippen LogP contribution in [0, 0.1) is 5.41 Å². The fourth-order valence-electron chi connectivity index (χ4n) is 3.07. The van der Waals surface area contributed by atoms with Crippen LogP contribution in [-0.4, -0.2) is 34.7 Å². The third-order valence-corrected chi connectivity index (χ3v) is 4.70. The summed E-state index contributed by atoms with van der Waals surface area (Å²) in [7, 11) is 0. The van der Waals surface area contributed by atoms with Gasteiger partial charge in [0, 0.05) is 6.54 Å². The molecule has 1 aromatic carbocycles. The zero-order valence-electron chi connectivity index (χ0n) is 13.0. The first-order valence-corrected chi connectivity index (χ1v) is 8.64. The lowest BCUT2D eigenvalue weighted by Crippen LogP contribution is -2.56. The van der Waals surface area contributed by atoms with Gasteiger partial charge in [0.25, 0.3) is 0 Å². The molecule has 1 aliphatic heterocycles. The lowest BCUT2D eigenvalue weighted by Gasteiger charge is -2.44. The van der Waals surface area contributed by atoms with E-state index in [4.69, 9.17) is 4.74 Å². The summed E-state index contributed by atoms with van der Waals surface area (Å²) in [6.45, 7) is 4.87. The topological polar surface area (TPSA) is 46.6 Å². The molecule has 120 valence electrons. The number of amides is 1. The molecule has 0 bridgehead atoms. The minimum absolute atomic E-state index is 0.0290. The molecule has 0 saturated carbocycles. The fraction of sp³-hybridized carbons (Fsp3) is 0.529. The first-order valence-electron chi connectivity index (χ1n) is 7.52. The number of ketones is 1. The Kier molecular flexibility index (Phi) is 5.62. The normalized spacial score (nSPS) is 20.5. The number of alkyl halides is 1. The van der Waals surface area contributed by atoms with Gasteiger partial charge >= 0.3 is 6.09 Å². The average Bonchev–Trinajstić information content (AvgIpc) is 2.51. The van der Waals surface area contributed by atoms with E-state index in [1.807, 2.05) is 44.2 Å². The molecule has 0 radical (unpaired) electrons. The summed E-state index contributed by atoms with van der Waals surface area (Å²) in [5.74, 6) is 0.0290. The molecule has 1 saturated heterocycles. The van der Waals surface area contributed by atoms with Gasteiger partial charge in [0.2, 0.25) is 0 Å². The van der Waals surface area contributed by atoms with Crippen molar-refractivity contribution in [3.63, 3.8) is 0 Å². The smallest absolute Gasteiger partial charge is 0.410 e. The Bertz CT molecular complexity index is 530. The van der Waals surface area contributed by atoms with Crippen LogP contribution in [0.5, 0.6) is 0 Å². The van der Waals surface area contributed by atoms with Crippen molar-refractivity contribution >= 4 is 27.8 Å². The number of Topliss-reactive ketones (excluding diaryl/α,β-unsaturated/α-hetero) is 1. The van der Waals surface area contributed by atoms with E-state index in [0.29, 0.717) is 6.54 Å². The number of likely N-dealkylation sites (tertiary alicyclic amines) is 1. The Balaban J connectivity index is 2.07. The highest BCUT2D eigenvalue weighted by molar-refractivity contribution is 9.09. The first-order chi connectivity index (χ1) is 10.5. The number of carbonyl (C=O) groups is 2. The number of halogens is 1. The van der Waals surface area contributed by atoms with Gasteiger partial charge in [0.1, 0.15) is 6.61 Å². The SMILES string of the molecule is CC1(C)CCCN(C(=O)OCc2ccccc2)C1C(=O)CBr. The number of piperidine rings is 1. The summed E-state index contributed by atoms with van der Waals surface area (Å²) in [6, 6.07) is 9.13. The molecule has 0 aromatic heterocycles. The van der Waals surface area contributed by atoms with E-state index in [1.54, 1.807) is 4.90 Å². The average molecular weight is 368 g/mol. The summed E-state index contributed by atoms with van der Waals surface area (Å²) in [6.07, 6.45) is 1.41. The Morgan fingerprint density at radius 1 is 1.32 bits per heavy atom. The third kappa shape index (κ3) is 3.88.